The molecule has 0 saturated heterocycles. The molecule has 0 aliphatic rings. The quantitative estimate of drug-likeness (QED) is 0.477. The van der Waals surface area contributed by atoms with Crippen LogP contribution in [-0.2, 0) is 13.2 Å². The van der Waals surface area contributed by atoms with Crippen molar-refractivity contribution < 1.29 is 4.74 Å². The highest BCUT2D eigenvalue weighted by molar-refractivity contribution is 7.71. The Balaban J connectivity index is 1.59. The van der Waals surface area contributed by atoms with E-state index in [0.717, 1.165) is 23.7 Å². The van der Waals surface area contributed by atoms with Gasteiger partial charge in [0.1, 0.15) is 5.75 Å². The number of methoxy groups -OCH3 is 1. The van der Waals surface area contributed by atoms with Gasteiger partial charge in [0, 0.05) is 17.9 Å². The molecule has 0 saturated carbocycles. The Hall–Kier alpha value is -2.77. The van der Waals surface area contributed by atoms with Crippen molar-refractivity contribution in [1.29, 1.82) is 0 Å². The van der Waals surface area contributed by atoms with E-state index in [-0.39, 0.29) is 0 Å². The molecule has 0 fully saturated rings. The van der Waals surface area contributed by atoms with E-state index in [1.54, 1.807) is 7.11 Å². The normalized spacial score (nSPS) is 11.6. The smallest absolute Gasteiger partial charge is 0.252 e. The topological polar surface area (TPSA) is 47.6 Å². The Morgan fingerprint density at radius 3 is 2.57 bits per heavy atom. The molecule has 0 aliphatic carbocycles. The maximum absolute atomic E-state index is 5.48. The minimum Gasteiger partial charge on any atom is -0.497 e. The summed E-state index contributed by atoms with van der Waals surface area (Å²) in [5, 5.41) is 2.38. The van der Waals surface area contributed by atoms with Crippen LogP contribution in [0.5, 0.6) is 5.75 Å². The SMILES string of the molecule is COc1ccc2cc(CN(C)Cn3c(=S)nc4nc(C)cc(C)n43)ccc2c1. The molecule has 28 heavy (non-hydrogen) atoms. The summed E-state index contributed by atoms with van der Waals surface area (Å²) in [7, 11) is 3.77. The van der Waals surface area contributed by atoms with Crippen molar-refractivity contribution in [2.75, 3.05) is 14.2 Å². The van der Waals surface area contributed by atoms with Crippen LogP contribution in [0.3, 0.4) is 0 Å². The maximum Gasteiger partial charge on any atom is 0.252 e. The lowest BCUT2D eigenvalue weighted by Gasteiger charge is -2.19. The lowest BCUT2D eigenvalue weighted by atomic mass is 10.1. The molecule has 0 radical (unpaired) electrons. The fraction of sp³-hybridized carbons (Fsp3) is 0.286. The van der Waals surface area contributed by atoms with Crippen LogP contribution in [0, 0.1) is 18.6 Å². The van der Waals surface area contributed by atoms with Crippen molar-refractivity contribution >= 4 is 28.8 Å². The molecule has 0 aliphatic heterocycles. The molecular formula is C21H23N5OS. The minimum atomic E-state index is 0.540. The van der Waals surface area contributed by atoms with Gasteiger partial charge in [0.25, 0.3) is 5.78 Å². The van der Waals surface area contributed by atoms with Crippen LogP contribution in [-0.4, -0.2) is 38.2 Å². The van der Waals surface area contributed by atoms with Gasteiger partial charge in [0.2, 0.25) is 4.77 Å². The number of rotatable bonds is 5. The molecule has 144 valence electrons. The molecule has 4 aromatic rings. The highest BCUT2D eigenvalue weighted by Gasteiger charge is 2.11. The monoisotopic (exact) mass is 393 g/mol. The molecule has 0 bridgehead atoms. The second-order valence-electron chi connectivity index (χ2n) is 7.15. The van der Waals surface area contributed by atoms with Gasteiger partial charge in [-0.3, -0.25) is 4.90 Å². The zero-order chi connectivity index (χ0) is 19.8. The number of fused-ring (bicyclic) bond motifs is 2. The molecule has 0 unspecified atom stereocenters. The van der Waals surface area contributed by atoms with Gasteiger partial charge in [0.05, 0.1) is 13.8 Å². The molecule has 0 amide bonds. The van der Waals surface area contributed by atoms with Crippen molar-refractivity contribution in [3.05, 3.63) is 64.2 Å². The number of aromatic nitrogens is 4. The molecule has 0 spiro atoms. The van der Waals surface area contributed by atoms with Gasteiger partial charge in [-0.25, -0.2) is 14.2 Å². The Kier molecular flexibility index (Phi) is 4.87. The molecule has 2 aromatic carbocycles. The van der Waals surface area contributed by atoms with Crippen LogP contribution in [0.25, 0.3) is 16.6 Å². The van der Waals surface area contributed by atoms with Crippen molar-refractivity contribution in [3.63, 3.8) is 0 Å². The Labute approximate surface area is 169 Å². The summed E-state index contributed by atoms with van der Waals surface area (Å²) >= 11 is 5.48. The molecule has 0 atom stereocenters. The number of hydrogen-bond acceptors (Lipinski definition) is 5. The number of nitrogens with zero attached hydrogens (tertiary/aromatic N) is 5. The summed E-state index contributed by atoms with van der Waals surface area (Å²) in [6.45, 7) is 5.45. The summed E-state index contributed by atoms with van der Waals surface area (Å²) in [5.41, 5.74) is 3.25. The third-order valence-electron chi connectivity index (χ3n) is 4.82. The van der Waals surface area contributed by atoms with Gasteiger partial charge < -0.3 is 4.74 Å². The van der Waals surface area contributed by atoms with Crippen LogP contribution >= 0.6 is 12.2 Å². The van der Waals surface area contributed by atoms with E-state index in [2.05, 4.69) is 52.2 Å². The van der Waals surface area contributed by atoms with E-state index in [4.69, 9.17) is 17.0 Å². The van der Waals surface area contributed by atoms with Gasteiger partial charge >= 0.3 is 0 Å². The summed E-state index contributed by atoms with van der Waals surface area (Å²) in [6, 6.07) is 14.7. The zero-order valence-corrected chi connectivity index (χ0v) is 17.3. The van der Waals surface area contributed by atoms with E-state index in [0.29, 0.717) is 17.2 Å². The maximum atomic E-state index is 5.48. The lowest BCUT2D eigenvalue weighted by molar-refractivity contribution is 0.238. The van der Waals surface area contributed by atoms with Gasteiger partial charge in [-0.05, 0) is 73.7 Å². The highest BCUT2D eigenvalue weighted by Crippen LogP contribution is 2.22. The number of aryl methyl sites for hydroxylation is 2. The second kappa shape index (κ2) is 7.33. The third kappa shape index (κ3) is 3.50. The molecule has 2 heterocycles. The minimum absolute atomic E-state index is 0.540. The van der Waals surface area contributed by atoms with Gasteiger partial charge in [-0.15, -0.1) is 0 Å². The van der Waals surface area contributed by atoms with E-state index in [1.807, 2.05) is 35.2 Å². The third-order valence-corrected chi connectivity index (χ3v) is 5.12. The molecule has 7 heteroatoms. The summed E-state index contributed by atoms with van der Waals surface area (Å²) in [4.78, 5) is 11.2. The predicted molar refractivity (Wildman–Crippen MR) is 113 cm³/mol. The first-order chi connectivity index (χ1) is 13.4. The van der Waals surface area contributed by atoms with E-state index in [1.165, 1.54) is 16.3 Å². The van der Waals surface area contributed by atoms with Gasteiger partial charge in [-0.2, -0.15) is 4.98 Å². The lowest BCUT2D eigenvalue weighted by Crippen LogP contribution is -2.24. The van der Waals surface area contributed by atoms with Crippen molar-refractivity contribution in [1.82, 2.24) is 24.1 Å². The van der Waals surface area contributed by atoms with Gasteiger partial charge in [-0.1, -0.05) is 18.2 Å². The van der Waals surface area contributed by atoms with Crippen LogP contribution in [0.1, 0.15) is 17.0 Å². The summed E-state index contributed by atoms with van der Waals surface area (Å²) in [5.74, 6) is 1.52. The second-order valence-corrected chi connectivity index (χ2v) is 7.51. The van der Waals surface area contributed by atoms with Crippen molar-refractivity contribution in [2.24, 2.45) is 0 Å². The van der Waals surface area contributed by atoms with Crippen molar-refractivity contribution in [3.8, 4) is 5.75 Å². The number of benzene rings is 2. The summed E-state index contributed by atoms with van der Waals surface area (Å²) in [6.07, 6.45) is 0. The molecule has 2 aromatic heterocycles. The predicted octanol–water partition coefficient (Wildman–Crippen LogP) is 4.13. The number of hydrogen-bond donors (Lipinski definition) is 0. The average molecular weight is 394 g/mol. The summed E-state index contributed by atoms with van der Waals surface area (Å²) < 4.78 is 9.81. The van der Waals surface area contributed by atoms with Crippen molar-refractivity contribution in [2.45, 2.75) is 27.1 Å². The van der Waals surface area contributed by atoms with Crippen LogP contribution in [0.2, 0.25) is 0 Å². The number of ether oxygens (including phenoxy) is 1. The fourth-order valence-corrected chi connectivity index (χ4v) is 3.79. The average Bonchev–Trinajstić information content (AvgIpc) is 2.96. The van der Waals surface area contributed by atoms with E-state index >= 15 is 0 Å². The molecule has 4 rings (SSSR count). The molecule has 6 nitrogen and oxygen atoms in total. The molecular weight excluding hydrogens is 370 g/mol. The zero-order valence-electron chi connectivity index (χ0n) is 16.5. The van der Waals surface area contributed by atoms with Gasteiger partial charge in [0.15, 0.2) is 0 Å². The Bertz CT molecular complexity index is 1230. The van der Waals surface area contributed by atoms with E-state index in [9.17, 15) is 0 Å². The van der Waals surface area contributed by atoms with Crippen LogP contribution in [0.4, 0.5) is 0 Å². The standard InChI is InChI=1S/C21H23N5OS/c1-14-9-15(2)26-20(22-14)23-21(28)25(26)13-24(3)12-16-5-6-18-11-19(27-4)8-7-17(18)10-16/h5-11H,12-13H2,1-4H3. The first-order valence-electron chi connectivity index (χ1n) is 9.13. The fourth-order valence-electron chi connectivity index (χ4n) is 3.57. The van der Waals surface area contributed by atoms with E-state index < -0.39 is 0 Å². The molecule has 0 N–H and O–H groups in total. The largest absolute Gasteiger partial charge is 0.497 e. The highest BCUT2D eigenvalue weighted by atomic mass is 32.1. The first-order valence-corrected chi connectivity index (χ1v) is 9.54. The first kappa shape index (κ1) is 18.6. The Morgan fingerprint density at radius 2 is 1.79 bits per heavy atom. The van der Waals surface area contributed by atoms with Crippen LogP contribution < -0.4 is 4.74 Å². The van der Waals surface area contributed by atoms with Crippen LogP contribution in [0.15, 0.2) is 42.5 Å². The Morgan fingerprint density at radius 1 is 1.04 bits per heavy atom.